The Hall–Kier alpha value is -3.61. The van der Waals surface area contributed by atoms with Crippen molar-refractivity contribution in [2.45, 2.75) is 6.54 Å². The first-order chi connectivity index (χ1) is 13.4. The topological polar surface area (TPSA) is 85.0 Å². The highest BCUT2D eigenvalue weighted by atomic mass is 16.5. The summed E-state index contributed by atoms with van der Waals surface area (Å²) in [4.78, 5) is 0. The quantitative estimate of drug-likeness (QED) is 0.671. The maximum Gasteiger partial charge on any atom is 0.204 e. The Morgan fingerprint density at radius 3 is 2.85 bits per heavy atom. The number of H-pyrrole nitrogens is 1. The summed E-state index contributed by atoms with van der Waals surface area (Å²) in [6, 6.07) is 15.9. The predicted octanol–water partition coefficient (Wildman–Crippen LogP) is 3.33. The van der Waals surface area contributed by atoms with Crippen LogP contribution in [0.5, 0.6) is 5.75 Å². The number of aromatic amines is 1. The van der Waals surface area contributed by atoms with E-state index < -0.39 is 0 Å². The van der Waals surface area contributed by atoms with Crippen LogP contribution < -0.4 is 10.1 Å². The molecule has 2 aromatic carbocycles. The first-order valence-electron chi connectivity index (χ1n) is 8.65. The Labute approximate surface area is 156 Å². The van der Waals surface area contributed by atoms with Gasteiger partial charge in [0.05, 0.1) is 0 Å². The molecule has 1 aromatic heterocycles. The average molecular weight is 361 g/mol. The van der Waals surface area contributed by atoms with E-state index >= 15 is 0 Å². The summed E-state index contributed by atoms with van der Waals surface area (Å²) in [5.74, 6) is 2.23. The number of nitrogens with zero attached hydrogens (tertiary/aromatic N) is 3. The van der Waals surface area contributed by atoms with Crippen molar-refractivity contribution in [1.29, 1.82) is 0 Å². The van der Waals surface area contributed by atoms with Crippen LogP contribution in [0.4, 0.5) is 5.69 Å². The Morgan fingerprint density at radius 2 is 2.07 bits per heavy atom. The molecule has 7 nitrogen and oxygen atoms in total. The molecular formula is C20H19N5O2. The van der Waals surface area contributed by atoms with Gasteiger partial charge in [0, 0.05) is 17.8 Å². The number of anilines is 1. The monoisotopic (exact) mass is 361 g/mol. The average Bonchev–Trinajstić information content (AvgIpc) is 3.28. The minimum atomic E-state index is 0.435. The number of allylic oxidation sites excluding steroid dienone is 2. The van der Waals surface area contributed by atoms with Crippen LogP contribution in [0.3, 0.4) is 0 Å². The summed E-state index contributed by atoms with van der Waals surface area (Å²) in [5, 5.41) is 17.5. The maximum atomic E-state index is 5.75. The van der Waals surface area contributed by atoms with Gasteiger partial charge in [0.2, 0.25) is 5.82 Å². The van der Waals surface area contributed by atoms with Crippen molar-refractivity contribution >= 4 is 5.69 Å². The van der Waals surface area contributed by atoms with Gasteiger partial charge in [0.15, 0.2) is 0 Å². The third-order valence-corrected chi connectivity index (χ3v) is 4.05. The van der Waals surface area contributed by atoms with Crippen molar-refractivity contribution < 1.29 is 9.47 Å². The van der Waals surface area contributed by atoms with Gasteiger partial charge in [-0.3, -0.25) is 0 Å². The van der Waals surface area contributed by atoms with Crippen LogP contribution in [0, 0.1) is 0 Å². The van der Waals surface area contributed by atoms with Gasteiger partial charge in [0.25, 0.3) is 0 Å². The molecule has 3 aromatic rings. The van der Waals surface area contributed by atoms with Crippen molar-refractivity contribution in [2.24, 2.45) is 0 Å². The Kier molecular flexibility index (Phi) is 5.10. The highest BCUT2D eigenvalue weighted by Crippen LogP contribution is 2.20. The number of rotatable bonds is 7. The summed E-state index contributed by atoms with van der Waals surface area (Å²) in [6.07, 6.45) is 5.86. The van der Waals surface area contributed by atoms with E-state index in [1.165, 1.54) is 0 Å². The van der Waals surface area contributed by atoms with Crippen molar-refractivity contribution in [1.82, 2.24) is 20.6 Å². The minimum Gasteiger partial charge on any atom is -0.490 e. The van der Waals surface area contributed by atoms with Gasteiger partial charge in [0.1, 0.15) is 24.7 Å². The van der Waals surface area contributed by atoms with E-state index in [1.54, 1.807) is 0 Å². The van der Waals surface area contributed by atoms with Crippen molar-refractivity contribution in [3.8, 4) is 17.1 Å². The molecule has 0 saturated carbocycles. The van der Waals surface area contributed by atoms with Gasteiger partial charge >= 0.3 is 0 Å². The zero-order valence-corrected chi connectivity index (χ0v) is 14.6. The number of hydrogen-bond acceptors (Lipinski definition) is 6. The van der Waals surface area contributed by atoms with Crippen LogP contribution >= 0.6 is 0 Å². The Morgan fingerprint density at radius 1 is 1.15 bits per heavy atom. The molecule has 4 rings (SSSR count). The molecule has 2 N–H and O–H groups in total. The predicted molar refractivity (Wildman–Crippen MR) is 102 cm³/mol. The highest BCUT2D eigenvalue weighted by Gasteiger charge is 2.04. The summed E-state index contributed by atoms with van der Waals surface area (Å²) in [7, 11) is 0. The van der Waals surface area contributed by atoms with Crippen molar-refractivity contribution in [3.63, 3.8) is 0 Å². The maximum absolute atomic E-state index is 5.75. The van der Waals surface area contributed by atoms with Gasteiger partial charge in [-0.25, -0.2) is 0 Å². The molecule has 136 valence electrons. The summed E-state index contributed by atoms with van der Waals surface area (Å²) >= 11 is 0. The van der Waals surface area contributed by atoms with Gasteiger partial charge < -0.3 is 14.8 Å². The molecule has 1 aliphatic heterocycles. The van der Waals surface area contributed by atoms with Gasteiger partial charge in [-0.05, 0) is 47.2 Å². The SMILES string of the molecule is C1=CCOC(COc2ccc(CNc3cccc(-c4nn[nH]n4)c3)cc2)=C1. The molecule has 0 unspecified atom stereocenters. The molecule has 0 aliphatic carbocycles. The lowest BCUT2D eigenvalue weighted by molar-refractivity contribution is 0.189. The normalized spacial score (nSPS) is 13.0. The second-order valence-corrected chi connectivity index (χ2v) is 5.97. The molecule has 27 heavy (non-hydrogen) atoms. The molecular weight excluding hydrogens is 342 g/mol. The molecule has 0 atom stereocenters. The minimum absolute atomic E-state index is 0.435. The number of hydrogen-bond donors (Lipinski definition) is 2. The number of nitrogens with one attached hydrogen (secondary N) is 2. The van der Waals surface area contributed by atoms with Crippen LogP contribution in [0.25, 0.3) is 11.4 Å². The first kappa shape index (κ1) is 16.8. The fraction of sp³-hybridized carbons (Fsp3) is 0.150. The molecule has 0 bridgehead atoms. The van der Waals surface area contributed by atoms with Crippen LogP contribution in [0.2, 0.25) is 0 Å². The third-order valence-electron chi connectivity index (χ3n) is 4.05. The second-order valence-electron chi connectivity index (χ2n) is 5.97. The van der Waals surface area contributed by atoms with Gasteiger partial charge in [-0.1, -0.05) is 30.3 Å². The zero-order chi connectivity index (χ0) is 18.3. The third kappa shape index (κ3) is 4.52. The Bertz CT molecular complexity index is 933. The van der Waals surface area contributed by atoms with E-state index in [4.69, 9.17) is 9.47 Å². The summed E-state index contributed by atoms with van der Waals surface area (Å²) < 4.78 is 11.2. The molecule has 1 aliphatic rings. The van der Waals surface area contributed by atoms with Gasteiger partial charge in [-0.15, -0.1) is 10.2 Å². The number of ether oxygens (including phenoxy) is 2. The lowest BCUT2D eigenvalue weighted by atomic mass is 10.1. The lowest BCUT2D eigenvalue weighted by Gasteiger charge is -2.13. The summed E-state index contributed by atoms with van der Waals surface area (Å²) in [5.41, 5.74) is 3.06. The smallest absolute Gasteiger partial charge is 0.204 e. The molecule has 0 fully saturated rings. The van der Waals surface area contributed by atoms with E-state index in [1.807, 2.05) is 66.8 Å². The summed E-state index contributed by atoms with van der Waals surface area (Å²) in [6.45, 7) is 1.74. The largest absolute Gasteiger partial charge is 0.490 e. The van der Waals surface area contributed by atoms with Crippen LogP contribution in [0.15, 0.2) is 72.5 Å². The number of tetrazole rings is 1. The lowest BCUT2D eigenvalue weighted by Crippen LogP contribution is -2.07. The number of aromatic nitrogens is 4. The number of benzene rings is 2. The van der Waals surface area contributed by atoms with E-state index in [-0.39, 0.29) is 0 Å². The molecule has 0 radical (unpaired) electrons. The van der Waals surface area contributed by atoms with Crippen LogP contribution in [0.1, 0.15) is 5.56 Å². The fourth-order valence-electron chi connectivity index (χ4n) is 2.64. The van der Waals surface area contributed by atoms with Crippen molar-refractivity contribution in [2.75, 3.05) is 18.5 Å². The van der Waals surface area contributed by atoms with E-state index in [0.717, 1.165) is 28.3 Å². The fourth-order valence-corrected chi connectivity index (χ4v) is 2.64. The van der Waals surface area contributed by atoms with E-state index in [0.29, 0.717) is 25.6 Å². The molecule has 0 amide bonds. The first-order valence-corrected chi connectivity index (χ1v) is 8.65. The Balaban J connectivity index is 1.32. The molecule has 7 heteroatoms. The molecule has 0 saturated heterocycles. The highest BCUT2D eigenvalue weighted by molar-refractivity contribution is 5.61. The zero-order valence-electron chi connectivity index (χ0n) is 14.6. The molecule has 0 spiro atoms. The van der Waals surface area contributed by atoms with Crippen molar-refractivity contribution in [3.05, 3.63) is 78.1 Å². The second kappa shape index (κ2) is 8.18. The van der Waals surface area contributed by atoms with E-state index in [9.17, 15) is 0 Å². The van der Waals surface area contributed by atoms with Crippen LogP contribution in [-0.2, 0) is 11.3 Å². The van der Waals surface area contributed by atoms with Crippen LogP contribution in [-0.4, -0.2) is 33.8 Å². The standard InChI is InChI=1S/C20H19N5O2/c1-2-11-26-19(6-1)14-27-18-9-7-15(8-10-18)13-21-17-5-3-4-16(12-17)20-22-24-25-23-20/h1-10,12,21H,11,13-14H2,(H,22,23,24,25). The van der Waals surface area contributed by atoms with Gasteiger partial charge in [-0.2, -0.15) is 5.21 Å². The molecule has 2 heterocycles. The van der Waals surface area contributed by atoms with E-state index in [2.05, 4.69) is 25.9 Å².